The van der Waals surface area contributed by atoms with Crippen molar-refractivity contribution >= 4 is 0 Å². The fourth-order valence-electron chi connectivity index (χ4n) is 3.93. The number of nitrogens with zero attached hydrogens (tertiary/aromatic N) is 1. The Morgan fingerprint density at radius 3 is 2.48 bits per heavy atom. The van der Waals surface area contributed by atoms with Crippen LogP contribution in [0.4, 0.5) is 0 Å². The zero-order chi connectivity index (χ0) is 18.9. The monoisotopic (exact) mass is 367 g/mol. The van der Waals surface area contributed by atoms with Gasteiger partial charge in [0.2, 0.25) is 0 Å². The maximum absolute atomic E-state index is 8.93. The summed E-state index contributed by atoms with van der Waals surface area (Å²) in [5.41, 5.74) is 2.09. The summed E-state index contributed by atoms with van der Waals surface area (Å²) in [5, 5.41) is 8.93. The summed E-state index contributed by atoms with van der Waals surface area (Å²) >= 11 is 0. The second kappa shape index (κ2) is 10.4. The number of ether oxygens (including phenoxy) is 3. The fourth-order valence-corrected chi connectivity index (χ4v) is 3.93. The van der Waals surface area contributed by atoms with Crippen molar-refractivity contribution in [2.24, 2.45) is 5.92 Å². The number of rotatable bonds is 6. The number of hydrogen-bond donors (Lipinski definition) is 0. The summed E-state index contributed by atoms with van der Waals surface area (Å²) in [5.74, 6) is 1.16. The van der Waals surface area contributed by atoms with Crippen molar-refractivity contribution in [2.75, 3.05) is 19.8 Å². The normalized spacial score (nSPS) is 29.2. The standard InChI is InChI=1S/C23H29NO3/c1-2-3-4-5-14-25-23-17-26-22(16-27-23)21-12-10-20(11-13-21)19-8-6-18(15-24)7-9-19/h2-9,20-23H,10-14,16-17H2,1H3/b3-2+,5-4+/t20?,21?,22-,23+/m1/s1. The first-order chi connectivity index (χ1) is 13.3. The van der Waals surface area contributed by atoms with Gasteiger partial charge in [-0.3, -0.25) is 0 Å². The third-order valence-electron chi connectivity index (χ3n) is 5.52. The lowest BCUT2D eigenvalue weighted by molar-refractivity contribution is -0.240. The van der Waals surface area contributed by atoms with Gasteiger partial charge in [-0.2, -0.15) is 5.26 Å². The van der Waals surface area contributed by atoms with Crippen molar-refractivity contribution in [2.45, 2.75) is 50.9 Å². The van der Waals surface area contributed by atoms with E-state index in [-0.39, 0.29) is 12.4 Å². The fraction of sp³-hybridized carbons (Fsp3) is 0.522. The summed E-state index contributed by atoms with van der Waals surface area (Å²) < 4.78 is 17.6. The minimum absolute atomic E-state index is 0.185. The average molecular weight is 367 g/mol. The molecule has 4 heteroatoms. The van der Waals surface area contributed by atoms with E-state index in [0.29, 0.717) is 31.7 Å². The second-order valence-corrected chi connectivity index (χ2v) is 7.27. The number of nitriles is 1. The quantitative estimate of drug-likeness (QED) is 0.683. The summed E-state index contributed by atoms with van der Waals surface area (Å²) in [6.07, 6.45) is 12.5. The molecule has 0 aromatic heterocycles. The molecule has 1 aliphatic heterocycles. The third-order valence-corrected chi connectivity index (χ3v) is 5.52. The minimum Gasteiger partial charge on any atom is -0.370 e. The Morgan fingerprint density at radius 1 is 1.07 bits per heavy atom. The van der Waals surface area contributed by atoms with E-state index >= 15 is 0 Å². The van der Waals surface area contributed by atoms with Gasteiger partial charge in [-0.25, -0.2) is 0 Å². The molecule has 0 unspecified atom stereocenters. The van der Waals surface area contributed by atoms with Crippen LogP contribution in [0, 0.1) is 17.2 Å². The molecule has 0 spiro atoms. The van der Waals surface area contributed by atoms with Crippen molar-refractivity contribution in [1.82, 2.24) is 0 Å². The average Bonchev–Trinajstić information content (AvgIpc) is 2.74. The third kappa shape index (κ3) is 5.77. The van der Waals surface area contributed by atoms with Gasteiger partial charge in [-0.1, -0.05) is 36.4 Å². The molecular weight excluding hydrogens is 338 g/mol. The molecule has 0 radical (unpaired) electrons. The van der Waals surface area contributed by atoms with Crippen LogP contribution in [-0.2, 0) is 14.2 Å². The number of benzene rings is 1. The SMILES string of the molecule is C/C=C/C=C/CO[C@@H]1CO[C@@H](C2CCC(c3ccc(C#N)cc3)CC2)CO1. The Kier molecular flexibility index (Phi) is 7.65. The Morgan fingerprint density at radius 2 is 1.85 bits per heavy atom. The highest BCUT2D eigenvalue weighted by Crippen LogP contribution is 2.38. The molecular formula is C23H29NO3. The summed E-state index contributed by atoms with van der Waals surface area (Å²) in [7, 11) is 0. The van der Waals surface area contributed by atoms with Gasteiger partial charge >= 0.3 is 0 Å². The second-order valence-electron chi connectivity index (χ2n) is 7.27. The van der Waals surface area contributed by atoms with Crippen molar-refractivity contribution in [3.8, 4) is 6.07 Å². The molecule has 1 aromatic rings. The molecule has 2 atom stereocenters. The predicted molar refractivity (Wildman–Crippen MR) is 105 cm³/mol. The molecule has 1 saturated heterocycles. The number of allylic oxidation sites excluding steroid dienone is 3. The Bertz CT molecular complexity index is 658. The molecule has 144 valence electrons. The van der Waals surface area contributed by atoms with Gasteiger partial charge in [0.1, 0.15) is 0 Å². The highest BCUT2D eigenvalue weighted by molar-refractivity contribution is 5.33. The van der Waals surface area contributed by atoms with Crippen LogP contribution >= 0.6 is 0 Å². The van der Waals surface area contributed by atoms with E-state index in [2.05, 4.69) is 18.2 Å². The largest absolute Gasteiger partial charge is 0.370 e. The van der Waals surface area contributed by atoms with Gasteiger partial charge < -0.3 is 14.2 Å². The Labute approximate surface area is 162 Å². The Hall–Kier alpha value is -1.93. The van der Waals surface area contributed by atoms with E-state index in [0.717, 1.165) is 18.4 Å². The molecule has 1 aromatic carbocycles. The van der Waals surface area contributed by atoms with Crippen LogP contribution in [0.25, 0.3) is 0 Å². The Balaban J connectivity index is 1.38. The van der Waals surface area contributed by atoms with E-state index < -0.39 is 0 Å². The van der Waals surface area contributed by atoms with Crippen LogP contribution in [-0.4, -0.2) is 32.2 Å². The molecule has 0 amide bonds. The zero-order valence-electron chi connectivity index (χ0n) is 16.0. The topological polar surface area (TPSA) is 51.5 Å². The summed E-state index contributed by atoms with van der Waals surface area (Å²) in [6.45, 7) is 3.66. The van der Waals surface area contributed by atoms with Gasteiger partial charge in [-0.15, -0.1) is 0 Å². The lowest BCUT2D eigenvalue weighted by Crippen LogP contribution is -2.42. The van der Waals surface area contributed by atoms with Crippen molar-refractivity contribution < 1.29 is 14.2 Å². The van der Waals surface area contributed by atoms with E-state index in [9.17, 15) is 0 Å². The maximum Gasteiger partial charge on any atom is 0.181 e. The molecule has 3 rings (SSSR count). The first kappa shape index (κ1) is 19.8. The predicted octanol–water partition coefficient (Wildman–Crippen LogP) is 4.72. The minimum atomic E-state index is -0.258. The molecule has 1 heterocycles. The van der Waals surface area contributed by atoms with Gasteiger partial charge in [0.25, 0.3) is 0 Å². The number of hydrogen-bond acceptors (Lipinski definition) is 4. The highest BCUT2D eigenvalue weighted by Gasteiger charge is 2.32. The summed E-state index contributed by atoms with van der Waals surface area (Å²) in [6, 6.07) is 10.2. The van der Waals surface area contributed by atoms with Gasteiger partial charge in [-0.05, 0) is 62.1 Å². The highest BCUT2D eigenvalue weighted by atomic mass is 16.7. The van der Waals surface area contributed by atoms with Gasteiger partial charge in [0, 0.05) is 0 Å². The van der Waals surface area contributed by atoms with Crippen molar-refractivity contribution in [3.05, 3.63) is 59.7 Å². The molecule has 1 aliphatic carbocycles. The van der Waals surface area contributed by atoms with Crippen LogP contribution in [0.15, 0.2) is 48.6 Å². The van der Waals surface area contributed by atoms with Crippen molar-refractivity contribution in [3.63, 3.8) is 0 Å². The lowest BCUT2D eigenvalue weighted by atomic mass is 9.76. The molecule has 27 heavy (non-hydrogen) atoms. The smallest absolute Gasteiger partial charge is 0.181 e. The zero-order valence-corrected chi connectivity index (χ0v) is 16.0. The first-order valence-electron chi connectivity index (χ1n) is 9.93. The van der Waals surface area contributed by atoms with Gasteiger partial charge in [0.05, 0.1) is 37.6 Å². The van der Waals surface area contributed by atoms with Gasteiger partial charge in [0.15, 0.2) is 6.29 Å². The van der Waals surface area contributed by atoms with E-state index in [1.807, 2.05) is 43.4 Å². The summed E-state index contributed by atoms with van der Waals surface area (Å²) in [4.78, 5) is 0. The van der Waals surface area contributed by atoms with E-state index in [1.165, 1.54) is 18.4 Å². The first-order valence-corrected chi connectivity index (χ1v) is 9.93. The molecule has 2 fully saturated rings. The van der Waals surface area contributed by atoms with E-state index in [4.69, 9.17) is 19.5 Å². The van der Waals surface area contributed by atoms with Crippen LogP contribution in [0.2, 0.25) is 0 Å². The molecule has 4 nitrogen and oxygen atoms in total. The van der Waals surface area contributed by atoms with Crippen LogP contribution in [0.1, 0.15) is 49.7 Å². The van der Waals surface area contributed by atoms with E-state index in [1.54, 1.807) is 0 Å². The van der Waals surface area contributed by atoms with Crippen LogP contribution < -0.4 is 0 Å². The van der Waals surface area contributed by atoms with Crippen LogP contribution in [0.5, 0.6) is 0 Å². The molecule has 1 saturated carbocycles. The molecule has 0 bridgehead atoms. The van der Waals surface area contributed by atoms with Crippen LogP contribution in [0.3, 0.4) is 0 Å². The molecule has 2 aliphatic rings. The maximum atomic E-state index is 8.93. The lowest BCUT2D eigenvalue weighted by Gasteiger charge is -2.37. The van der Waals surface area contributed by atoms with Crippen molar-refractivity contribution in [1.29, 1.82) is 5.26 Å². The molecule has 0 N–H and O–H groups in total.